The van der Waals surface area contributed by atoms with E-state index in [-0.39, 0.29) is 23.2 Å². The summed E-state index contributed by atoms with van der Waals surface area (Å²) in [5.41, 5.74) is -0.408. The van der Waals surface area contributed by atoms with Crippen LogP contribution in [0.1, 0.15) is 47.5 Å². The summed E-state index contributed by atoms with van der Waals surface area (Å²) in [5, 5.41) is 25.2. The lowest BCUT2D eigenvalue weighted by molar-refractivity contribution is -0.528. The Bertz CT molecular complexity index is 363. The topological polar surface area (TPSA) is 105 Å². The summed E-state index contributed by atoms with van der Waals surface area (Å²) in [6.07, 6.45) is 2.00. The number of nitrogens with one attached hydrogen (secondary N) is 1. The Morgan fingerprint density at radius 1 is 1.50 bits per heavy atom. The smallest absolute Gasteiger partial charge is 0.229 e. The van der Waals surface area contributed by atoms with E-state index in [2.05, 4.69) is 10.5 Å². The van der Waals surface area contributed by atoms with Crippen LogP contribution < -0.4 is 5.32 Å². The van der Waals surface area contributed by atoms with Crippen molar-refractivity contribution in [3.63, 3.8) is 0 Å². The third-order valence-corrected chi connectivity index (χ3v) is 3.18. The Morgan fingerprint density at radius 2 is 2.05 bits per heavy atom. The van der Waals surface area contributed by atoms with Gasteiger partial charge in [0.25, 0.3) is 0 Å². The molecule has 0 radical (unpaired) electrons. The van der Waals surface area contributed by atoms with Crippen LogP contribution in [-0.2, 0) is 4.79 Å². The highest BCUT2D eigenvalue weighted by Crippen LogP contribution is 2.21. The van der Waals surface area contributed by atoms with Gasteiger partial charge in [0.1, 0.15) is 0 Å². The van der Waals surface area contributed by atoms with E-state index >= 15 is 0 Å². The summed E-state index contributed by atoms with van der Waals surface area (Å²) >= 11 is 0. The average molecular weight is 287 g/mol. The molecular weight excluding hydrogens is 262 g/mol. The number of rotatable bonds is 7. The SMILES string of the molecule is CCC(CC(/C=N\O)C(=O)NC(C)(C)C)C(C)[N+](=O)[O-]. The lowest BCUT2D eigenvalue weighted by Crippen LogP contribution is -2.45. The van der Waals surface area contributed by atoms with E-state index in [9.17, 15) is 14.9 Å². The third-order valence-electron chi connectivity index (χ3n) is 3.18. The molecule has 0 saturated carbocycles. The molecule has 2 N–H and O–H groups in total. The second kappa shape index (κ2) is 7.81. The molecular formula is C13H25N3O4. The summed E-state index contributed by atoms with van der Waals surface area (Å²) in [5.74, 6) is -1.21. The van der Waals surface area contributed by atoms with Crippen LogP contribution in [0.2, 0.25) is 0 Å². The predicted octanol–water partition coefficient (Wildman–Crippen LogP) is 2.06. The first-order chi connectivity index (χ1) is 9.12. The number of hydrogen-bond acceptors (Lipinski definition) is 5. The Kier molecular flexibility index (Phi) is 7.17. The second-order valence-corrected chi connectivity index (χ2v) is 6.04. The molecule has 7 nitrogen and oxygen atoms in total. The van der Waals surface area contributed by atoms with E-state index < -0.39 is 17.5 Å². The van der Waals surface area contributed by atoms with Crippen molar-refractivity contribution >= 4 is 12.1 Å². The monoisotopic (exact) mass is 287 g/mol. The van der Waals surface area contributed by atoms with Crippen molar-refractivity contribution in [3.8, 4) is 0 Å². The normalized spacial score (nSPS) is 16.6. The number of hydrogen-bond donors (Lipinski definition) is 2. The zero-order valence-corrected chi connectivity index (χ0v) is 12.8. The minimum atomic E-state index is -0.739. The van der Waals surface area contributed by atoms with E-state index in [4.69, 9.17) is 5.21 Å². The molecule has 0 aromatic carbocycles. The number of nitrogens with zero attached hydrogens (tertiary/aromatic N) is 2. The van der Waals surface area contributed by atoms with Crippen LogP contribution in [0.3, 0.4) is 0 Å². The largest absolute Gasteiger partial charge is 0.411 e. The van der Waals surface area contributed by atoms with Gasteiger partial charge in [-0.2, -0.15) is 0 Å². The molecule has 0 saturated heterocycles. The van der Waals surface area contributed by atoms with Crippen molar-refractivity contribution in [1.29, 1.82) is 0 Å². The molecule has 0 aromatic rings. The van der Waals surface area contributed by atoms with Gasteiger partial charge in [-0.1, -0.05) is 6.92 Å². The molecule has 0 rings (SSSR count). The molecule has 0 aliphatic rings. The first-order valence-corrected chi connectivity index (χ1v) is 6.75. The van der Waals surface area contributed by atoms with E-state index in [1.165, 1.54) is 6.92 Å². The summed E-state index contributed by atoms with van der Waals surface area (Å²) in [6.45, 7) is 8.90. The average Bonchev–Trinajstić information content (AvgIpc) is 2.31. The van der Waals surface area contributed by atoms with E-state index in [0.717, 1.165) is 6.21 Å². The van der Waals surface area contributed by atoms with Gasteiger partial charge in [-0.05, 0) is 33.6 Å². The predicted molar refractivity (Wildman–Crippen MR) is 76.5 cm³/mol. The second-order valence-electron chi connectivity index (χ2n) is 6.04. The number of carbonyl (C=O) groups excluding carboxylic acids is 1. The Labute approximate surface area is 119 Å². The van der Waals surface area contributed by atoms with Crippen molar-refractivity contribution in [2.24, 2.45) is 17.0 Å². The highest BCUT2D eigenvalue weighted by molar-refractivity contribution is 5.93. The van der Waals surface area contributed by atoms with Gasteiger partial charge in [-0.15, -0.1) is 5.16 Å². The van der Waals surface area contributed by atoms with Crippen molar-refractivity contribution in [2.45, 2.75) is 59.0 Å². The molecule has 3 unspecified atom stereocenters. The van der Waals surface area contributed by atoms with Crippen molar-refractivity contribution in [3.05, 3.63) is 10.1 Å². The van der Waals surface area contributed by atoms with E-state index in [0.29, 0.717) is 6.42 Å². The van der Waals surface area contributed by atoms with Crippen LogP contribution in [-0.4, -0.2) is 33.8 Å². The summed E-state index contributed by atoms with van der Waals surface area (Å²) < 4.78 is 0. The van der Waals surface area contributed by atoms with Crippen LogP contribution in [0.25, 0.3) is 0 Å². The summed E-state index contributed by atoms with van der Waals surface area (Å²) in [6, 6.07) is -0.739. The van der Waals surface area contributed by atoms with Gasteiger partial charge in [0.2, 0.25) is 11.9 Å². The Balaban J connectivity index is 4.92. The molecule has 3 atom stereocenters. The molecule has 0 fully saturated rings. The lowest BCUT2D eigenvalue weighted by Gasteiger charge is -2.25. The van der Waals surface area contributed by atoms with Crippen LogP contribution in [0.5, 0.6) is 0 Å². The molecule has 0 spiro atoms. The Morgan fingerprint density at radius 3 is 2.40 bits per heavy atom. The van der Waals surface area contributed by atoms with Crippen molar-refractivity contribution < 1.29 is 14.9 Å². The summed E-state index contributed by atoms with van der Waals surface area (Å²) in [7, 11) is 0. The van der Waals surface area contributed by atoms with Gasteiger partial charge in [0.15, 0.2) is 0 Å². The molecule has 0 aliphatic carbocycles. The fourth-order valence-electron chi connectivity index (χ4n) is 1.98. The zero-order chi connectivity index (χ0) is 15.9. The van der Waals surface area contributed by atoms with Crippen molar-refractivity contribution in [1.82, 2.24) is 5.32 Å². The summed E-state index contributed by atoms with van der Waals surface area (Å²) in [4.78, 5) is 22.6. The molecule has 0 aliphatic heterocycles. The molecule has 0 aromatic heterocycles. The molecule has 0 heterocycles. The molecule has 1 amide bonds. The maximum atomic E-state index is 12.1. The van der Waals surface area contributed by atoms with Gasteiger partial charge >= 0.3 is 0 Å². The fraction of sp³-hybridized carbons (Fsp3) is 0.846. The minimum Gasteiger partial charge on any atom is -0.411 e. The Hall–Kier alpha value is -1.66. The number of nitro groups is 1. The van der Waals surface area contributed by atoms with Crippen LogP contribution in [0.4, 0.5) is 0 Å². The van der Waals surface area contributed by atoms with Gasteiger partial charge in [-0.25, -0.2) is 0 Å². The minimum absolute atomic E-state index is 0.251. The van der Waals surface area contributed by atoms with E-state index in [1.807, 2.05) is 27.7 Å². The lowest BCUT2D eigenvalue weighted by atomic mass is 9.87. The van der Waals surface area contributed by atoms with Crippen LogP contribution in [0, 0.1) is 22.0 Å². The number of amides is 1. The highest BCUT2D eigenvalue weighted by Gasteiger charge is 2.31. The molecule has 116 valence electrons. The van der Waals surface area contributed by atoms with Gasteiger partial charge in [-0.3, -0.25) is 14.9 Å². The first-order valence-electron chi connectivity index (χ1n) is 6.75. The zero-order valence-electron chi connectivity index (χ0n) is 12.8. The molecule has 7 heteroatoms. The van der Waals surface area contributed by atoms with Crippen LogP contribution in [0.15, 0.2) is 5.16 Å². The molecule has 0 bridgehead atoms. The van der Waals surface area contributed by atoms with E-state index in [1.54, 1.807) is 0 Å². The van der Waals surface area contributed by atoms with Gasteiger partial charge in [0.05, 0.1) is 12.1 Å². The maximum absolute atomic E-state index is 12.1. The standard InChI is InChI=1S/C13H25N3O4/c1-6-10(9(2)16(19)20)7-11(8-14-18)12(17)15-13(3,4)5/h8-11,18H,6-7H2,1-5H3,(H,15,17)/b14-8-. The fourth-order valence-corrected chi connectivity index (χ4v) is 1.98. The number of carbonyl (C=O) groups is 1. The highest BCUT2D eigenvalue weighted by atomic mass is 16.6. The first kappa shape index (κ1) is 18.3. The van der Waals surface area contributed by atoms with Gasteiger partial charge < -0.3 is 10.5 Å². The molecule has 20 heavy (non-hydrogen) atoms. The quantitative estimate of drug-likeness (QED) is 0.323. The van der Waals surface area contributed by atoms with Crippen molar-refractivity contribution in [2.75, 3.05) is 0 Å². The van der Waals surface area contributed by atoms with Gasteiger partial charge in [0, 0.05) is 23.3 Å². The van der Waals surface area contributed by atoms with Crippen LogP contribution >= 0.6 is 0 Å². The third kappa shape index (κ3) is 6.49. The number of oxime groups is 1. The maximum Gasteiger partial charge on any atom is 0.229 e.